The number of aromatic nitrogens is 1. The van der Waals surface area contributed by atoms with Crippen LogP contribution in [0.4, 0.5) is 0 Å². The highest BCUT2D eigenvalue weighted by atomic mass is 16.5. The van der Waals surface area contributed by atoms with Crippen molar-refractivity contribution in [3.05, 3.63) is 77.6 Å². The first-order chi connectivity index (χ1) is 15.2. The Kier molecular flexibility index (Phi) is 6.45. The van der Waals surface area contributed by atoms with Crippen molar-refractivity contribution in [3.63, 3.8) is 0 Å². The van der Waals surface area contributed by atoms with Crippen molar-refractivity contribution in [2.75, 3.05) is 40.5 Å². The first-order valence-electron chi connectivity index (χ1n) is 10.2. The zero-order valence-corrected chi connectivity index (χ0v) is 17.7. The van der Waals surface area contributed by atoms with E-state index in [0.717, 1.165) is 22.2 Å². The second-order valence-corrected chi connectivity index (χ2v) is 7.16. The molecule has 1 aliphatic rings. The van der Waals surface area contributed by atoms with Crippen molar-refractivity contribution in [2.24, 2.45) is 4.99 Å². The molecule has 7 heteroatoms. The third kappa shape index (κ3) is 4.38. The molecule has 4 rings (SSSR count). The largest absolute Gasteiger partial charge is 0.383 e. The van der Waals surface area contributed by atoms with Crippen LogP contribution in [-0.4, -0.2) is 62.1 Å². The van der Waals surface area contributed by atoms with Crippen LogP contribution >= 0.6 is 0 Å². The number of nitrogens with one attached hydrogen (secondary N) is 2. The standard InChI is InChI=1S/C24H26N4O3/c1-30-14-12-25-21(20-16-18-10-6-7-11-19(18)26-20)22-24(29)28(13-15-31-2)23(27-22)17-8-4-3-5-9-17/h3-11,16,25-26H,12-15H2,1-2H3/b22-21+. The number of para-hydroxylation sites is 1. The number of aromatic amines is 1. The van der Waals surface area contributed by atoms with Crippen LogP contribution in [0.25, 0.3) is 16.6 Å². The molecule has 7 nitrogen and oxygen atoms in total. The first-order valence-corrected chi connectivity index (χ1v) is 10.2. The van der Waals surface area contributed by atoms with E-state index in [1.165, 1.54) is 0 Å². The topological polar surface area (TPSA) is 79.0 Å². The molecule has 2 N–H and O–H groups in total. The van der Waals surface area contributed by atoms with Crippen molar-refractivity contribution < 1.29 is 14.3 Å². The minimum Gasteiger partial charge on any atom is -0.383 e. The van der Waals surface area contributed by atoms with E-state index >= 15 is 0 Å². The van der Waals surface area contributed by atoms with E-state index in [-0.39, 0.29) is 5.91 Å². The smallest absolute Gasteiger partial charge is 0.280 e. The Labute approximate surface area is 181 Å². The SMILES string of the molecule is COCCN/C(=C1/N=C(c2ccccc2)N(CCOC)C1=O)c1cc2ccccc2[nH]1. The number of ether oxygens (including phenoxy) is 2. The maximum atomic E-state index is 13.5. The molecule has 1 amide bonds. The highest BCUT2D eigenvalue weighted by molar-refractivity contribution is 6.20. The molecule has 0 spiro atoms. The van der Waals surface area contributed by atoms with Gasteiger partial charge in [-0.3, -0.25) is 9.69 Å². The summed E-state index contributed by atoms with van der Waals surface area (Å²) < 4.78 is 10.4. The summed E-state index contributed by atoms with van der Waals surface area (Å²) in [5.41, 5.74) is 3.72. The lowest BCUT2D eigenvalue weighted by atomic mass is 10.2. The van der Waals surface area contributed by atoms with Gasteiger partial charge in [0.15, 0.2) is 5.70 Å². The Bertz CT molecular complexity index is 1090. The molecular weight excluding hydrogens is 392 g/mol. The van der Waals surface area contributed by atoms with Gasteiger partial charge in [0.25, 0.3) is 5.91 Å². The zero-order chi connectivity index (χ0) is 21.6. The predicted molar refractivity (Wildman–Crippen MR) is 122 cm³/mol. The summed E-state index contributed by atoms with van der Waals surface area (Å²) in [6.07, 6.45) is 0. The van der Waals surface area contributed by atoms with E-state index in [1.54, 1.807) is 19.1 Å². The molecule has 0 atom stereocenters. The second kappa shape index (κ2) is 9.59. The van der Waals surface area contributed by atoms with Gasteiger partial charge in [0, 0.05) is 37.2 Å². The summed E-state index contributed by atoms with van der Waals surface area (Å²) >= 11 is 0. The molecule has 1 aromatic heterocycles. The lowest BCUT2D eigenvalue weighted by Gasteiger charge is -2.18. The number of amidine groups is 1. The number of rotatable bonds is 9. The maximum Gasteiger partial charge on any atom is 0.280 e. The van der Waals surface area contributed by atoms with Crippen LogP contribution in [-0.2, 0) is 14.3 Å². The third-order valence-corrected chi connectivity index (χ3v) is 5.12. The Morgan fingerprint density at radius 2 is 1.77 bits per heavy atom. The molecule has 0 fully saturated rings. The van der Waals surface area contributed by atoms with E-state index in [0.29, 0.717) is 43.5 Å². The lowest BCUT2D eigenvalue weighted by Crippen LogP contribution is -2.36. The molecule has 0 unspecified atom stereocenters. The predicted octanol–water partition coefficient (Wildman–Crippen LogP) is 3.01. The average Bonchev–Trinajstić information content (AvgIpc) is 3.37. The molecule has 31 heavy (non-hydrogen) atoms. The number of amides is 1. The van der Waals surface area contributed by atoms with Gasteiger partial charge < -0.3 is 19.8 Å². The summed E-state index contributed by atoms with van der Waals surface area (Å²) in [6.45, 7) is 1.90. The van der Waals surface area contributed by atoms with E-state index in [9.17, 15) is 4.79 Å². The van der Waals surface area contributed by atoms with Gasteiger partial charge in [-0.15, -0.1) is 0 Å². The Morgan fingerprint density at radius 1 is 1.03 bits per heavy atom. The van der Waals surface area contributed by atoms with Crippen LogP contribution in [0.1, 0.15) is 11.3 Å². The minimum absolute atomic E-state index is 0.158. The van der Waals surface area contributed by atoms with Crippen molar-refractivity contribution in [3.8, 4) is 0 Å². The first kappa shape index (κ1) is 20.8. The summed E-state index contributed by atoms with van der Waals surface area (Å²) in [5, 5.41) is 4.42. The fourth-order valence-electron chi connectivity index (χ4n) is 3.59. The van der Waals surface area contributed by atoms with Crippen molar-refractivity contribution >= 4 is 28.3 Å². The van der Waals surface area contributed by atoms with Crippen molar-refractivity contribution in [2.45, 2.75) is 0 Å². The second-order valence-electron chi connectivity index (χ2n) is 7.16. The minimum atomic E-state index is -0.158. The van der Waals surface area contributed by atoms with Crippen LogP contribution in [0.5, 0.6) is 0 Å². The van der Waals surface area contributed by atoms with E-state index in [1.807, 2.05) is 60.7 Å². The number of fused-ring (bicyclic) bond motifs is 1. The van der Waals surface area contributed by atoms with Crippen LogP contribution in [0.15, 0.2) is 71.4 Å². The van der Waals surface area contributed by atoms with Crippen LogP contribution in [0.2, 0.25) is 0 Å². The van der Waals surface area contributed by atoms with Gasteiger partial charge in [-0.05, 0) is 12.1 Å². The maximum absolute atomic E-state index is 13.5. The molecule has 160 valence electrons. The summed E-state index contributed by atoms with van der Waals surface area (Å²) in [5.74, 6) is 0.467. The van der Waals surface area contributed by atoms with Gasteiger partial charge >= 0.3 is 0 Å². The Hall–Kier alpha value is -3.42. The number of carbonyl (C=O) groups excluding carboxylic acids is 1. The number of nitrogens with zero attached hydrogens (tertiary/aromatic N) is 2. The highest BCUT2D eigenvalue weighted by Crippen LogP contribution is 2.28. The Morgan fingerprint density at radius 3 is 2.52 bits per heavy atom. The van der Waals surface area contributed by atoms with Gasteiger partial charge in [0.2, 0.25) is 0 Å². The number of benzene rings is 2. The average molecular weight is 418 g/mol. The molecule has 0 radical (unpaired) electrons. The molecule has 2 aromatic carbocycles. The number of H-pyrrole nitrogens is 1. The zero-order valence-electron chi connectivity index (χ0n) is 17.7. The number of aliphatic imine (C=N–C) groups is 1. The normalized spacial score (nSPS) is 15.5. The molecule has 0 bridgehead atoms. The van der Waals surface area contributed by atoms with Gasteiger partial charge in [-0.25, -0.2) is 4.99 Å². The van der Waals surface area contributed by atoms with E-state index in [4.69, 9.17) is 14.5 Å². The van der Waals surface area contributed by atoms with Crippen molar-refractivity contribution in [1.29, 1.82) is 0 Å². The number of hydrogen-bond acceptors (Lipinski definition) is 5. The summed E-state index contributed by atoms with van der Waals surface area (Å²) in [7, 11) is 3.27. The third-order valence-electron chi connectivity index (χ3n) is 5.12. The summed E-state index contributed by atoms with van der Waals surface area (Å²) in [6, 6.07) is 19.8. The van der Waals surface area contributed by atoms with Gasteiger partial charge in [-0.2, -0.15) is 0 Å². The van der Waals surface area contributed by atoms with Crippen molar-refractivity contribution in [1.82, 2.24) is 15.2 Å². The number of methoxy groups -OCH3 is 2. The molecule has 0 saturated carbocycles. The highest BCUT2D eigenvalue weighted by Gasteiger charge is 2.33. The summed E-state index contributed by atoms with van der Waals surface area (Å²) in [4.78, 5) is 23.3. The van der Waals surface area contributed by atoms with Crippen LogP contribution in [0, 0.1) is 0 Å². The fourth-order valence-corrected chi connectivity index (χ4v) is 3.59. The quantitative estimate of drug-likeness (QED) is 0.414. The van der Waals surface area contributed by atoms with Gasteiger partial charge in [0.05, 0.1) is 31.1 Å². The molecule has 0 saturated heterocycles. The van der Waals surface area contributed by atoms with Crippen LogP contribution in [0.3, 0.4) is 0 Å². The monoisotopic (exact) mass is 418 g/mol. The van der Waals surface area contributed by atoms with E-state index in [2.05, 4.69) is 10.3 Å². The Balaban J connectivity index is 1.82. The molecular formula is C24H26N4O3. The fraction of sp³-hybridized carbons (Fsp3) is 0.250. The van der Waals surface area contributed by atoms with Gasteiger partial charge in [0.1, 0.15) is 5.84 Å². The lowest BCUT2D eigenvalue weighted by molar-refractivity contribution is -0.123. The van der Waals surface area contributed by atoms with Crippen LogP contribution < -0.4 is 5.32 Å². The van der Waals surface area contributed by atoms with Gasteiger partial charge in [-0.1, -0.05) is 48.5 Å². The molecule has 0 aliphatic carbocycles. The number of carbonyl (C=O) groups is 1. The molecule has 3 aromatic rings. The number of hydrogen-bond donors (Lipinski definition) is 2. The van der Waals surface area contributed by atoms with E-state index < -0.39 is 0 Å². The molecule has 1 aliphatic heterocycles. The molecule has 2 heterocycles.